The fraction of sp³-hybridized carbons (Fsp3) is 0.657. The van der Waals surface area contributed by atoms with Crippen LogP contribution in [0.25, 0.3) is 0 Å². The highest BCUT2D eigenvalue weighted by Crippen LogP contribution is 2.44. The lowest BCUT2D eigenvalue weighted by molar-refractivity contribution is -0.144. The quantitative estimate of drug-likeness (QED) is 0.0673. The largest absolute Gasteiger partial charge is 0.457 e. The molecule has 1 aliphatic carbocycles. The van der Waals surface area contributed by atoms with Gasteiger partial charge in [-0.25, -0.2) is 0 Å². The summed E-state index contributed by atoms with van der Waals surface area (Å²) in [5.74, 6) is 0.386. The molecule has 2 fully saturated rings. The number of aliphatic hydroxyl groups is 1. The van der Waals surface area contributed by atoms with Gasteiger partial charge in [0.05, 0.1) is 12.2 Å². The third-order valence-corrected chi connectivity index (χ3v) is 9.28. The Kier molecular flexibility index (Phi) is 16.9. The van der Waals surface area contributed by atoms with Gasteiger partial charge in [-0.15, -0.1) is 0 Å². The first-order valence-electron chi connectivity index (χ1n) is 16.7. The van der Waals surface area contributed by atoms with Gasteiger partial charge in [0.1, 0.15) is 0 Å². The molecule has 1 heterocycles. The number of hydrogen-bond acceptors (Lipinski definition) is 5. The Morgan fingerprint density at radius 2 is 1.77 bits per heavy atom. The Morgan fingerprint density at radius 3 is 2.49 bits per heavy atom. The number of carbonyl (C=O) groups is 2. The van der Waals surface area contributed by atoms with Gasteiger partial charge in [-0.3, -0.25) is 14.5 Å². The van der Waals surface area contributed by atoms with Crippen LogP contribution < -0.4 is 0 Å². The first kappa shape index (κ1) is 35.7. The molecule has 2 unspecified atom stereocenters. The molecule has 0 aromatic heterocycles. The van der Waals surface area contributed by atoms with Crippen molar-refractivity contribution in [2.24, 2.45) is 11.8 Å². The molecule has 1 saturated carbocycles. The number of hydrogen-bond donors (Lipinski definition) is 1. The summed E-state index contributed by atoms with van der Waals surface area (Å²) < 4.78 is 12.8. The summed E-state index contributed by atoms with van der Waals surface area (Å²) in [6.45, 7) is 4.50. The summed E-state index contributed by atoms with van der Waals surface area (Å²) in [5.41, 5.74) is 1.24. The summed E-state index contributed by atoms with van der Waals surface area (Å²) in [6, 6.07) is 10.3. The second-order valence-electron chi connectivity index (χ2n) is 12.0. The van der Waals surface area contributed by atoms with Crippen molar-refractivity contribution in [2.45, 2.75) is 122 Å². The van der Waals surface area contributed by atoms with Crippen LogP contribution in [0, 0.1) is 11.8 Å². The lowest BCUT2D eigenvalue weighted by Gasteiger charge is -2.27. The highest BCUT2D eigenvalue weighted by molar-refractivity contribution is 9.09. The fourth-order valence-corrected chi connectivity index (χ4v) is 6.65. The molecule has 8 heteroatoms. The van der Waals surface area contributed by atoms with Crippen LogP contribution in [0.4, 0.5) is 0 Å². The maximum Gasteiger partial charge on any atom is 0.457 e. The van der Waals surface area contributed by atoms with E-state index >= 15 is 0 Å². The molecular formula is C35H53BBrNO5. The molecule has 3 rings (SSSR count). The van der Waals surface area contributed by atoms with Gasteiger partial charge in [0.15, 0.2) is 0 Å². The number of allylic oxidation sites excluding steroid dienone is 2. The molecule has 0 radical (unpaired) electrons. The first-order valence-corrected chi connectivity index (χ1v) is 17.8. The minimum Gasteiger partial charge on any atom is -0.408 e. The van der Waals surface area contributed by atoms with Crippen molar-refractivity contribution < 1.29 is 24.0 Å². The van der Waals surface area contributed by atoms with Crippen LogP contribution in [0.5, 0.6) is 0 Å². The molecule has 2 amide bonds. The van der Waals surface area contributed by atoms with E-state index in [9.17, 15) is 14.7 Å². The minimum atomic E-state index is -0.491. The van der Waals surface area contributed by atoms with Gasteiger partial charge in [-0.2, -0.15) is 0 Å². The average molecular weight is 659 g/mol. The highest BCUT2D eigenvalue weighted by atomic mass is 79.9. The number of amides is 2. The Balaban J connectivity index is 1.49. The summed E-state index contributed by atoms with van der Waals surface area (Å²) in [6.07, 6.45) is 20.0. The molecule has 1 aromatic rings. The summed E-state index contributed by atoms with van der Waals surface area (Å²) in [5, 5.41) is 11.7. The van der Waals surface area contributed by atoms with E-state index in [1.807, 2.05) is 31.2 Å². The maximum absolute atomic E-state index is 12.7. The predicted octanol–water partition coefficient (Wildman–Crippen LogP) is 7.69. The minimum absolute atomic E-state index is 0.0475. The zero-order valence-corrected chi connectivity index (χ0v) is 28.0. The third-order valence-electron chi connectivity index (χ3n) is 8.72. The molecule has 238 valence electrons. The number of nitrogens with zero attached hydrogens (tertiary/aromatic N) is 1. The van der Waals surface area contributed by atoms with E-state index in [2.05, 4.69) is 53.2 Å². The maximum atomic E-state index is 12.7. The molecule has 5 atom stereocenters. The molecule has 0 spiro atoms. The standard InChI is InChI=1S/C35H53BBrNO5/c1-3-5-25-36-42-32-27-33(43-36)31(24-23-29(39)22-21-28-16-10-8-11-17-28)30(32)18-12-6-7-13-19-34(40)38(4-2)35(41)20-14-9-15-26-37/h6,8,10-12,16-17,23-24,29-33,39H,3-5,7,9,13-15,18-22,25-27H2,1-2H3/b12-6-,24-23+/t29-,30+,31-,32?,33?/m0/s1. The van der Waals surface area contributed by atoms with E-state index in [-0.39, 0.29) is 37.1 Å². The number of rotatable bonds is 20. The summed E-state index contributed by atoms with van der Waals surface area (Å²) in [4.78, 5) is 26.6. The number of alkyl halides is 1. The van der Waals surface area contributed by atoms with Crippen LogP contribution in [0.1, 0.15) is 96.5 Å². The number of carbonyl (C=O) groups excluding carboxylic acids is 2. The lowest BCUT2D eigenvalue weighted by atomic mass is 9.80. The van der Waals surface area contributed by atoms with Gasteiger partial charge < -0.3 is 14.4 Å². The number of fused-ring (bicyclic) bond motifs is 2. The third kappa shape index (κ3) is 12.3. The molecule has 1 saturated heterocycles. The number of aryl methyl sites for hydroxylation is 1. The van der Waals surface area contributed by atoms with Crippen molar-refractivity contribution in [1.29, 1.82) is 0 Å². The number of imide groups is 1. The zero-order valence-electron chi connectivity index (χ0n) is 26.4. The van der Waals surface area contributed by atoms with Crippen LogP contribution in [0.15, 0.2) is 54.6 Å². The second-order valence-corrected chi connectivity index (χ2v) is 12.8. The van der Waals surface area contributed by atoms with Crippen molar-refractivity contribution in [3.63, 3.8) is 0 Å². The van der Waals surface area contributed by atoms with Crippen molar-refractivity contribution in [1.82, 2.24) is 4.90 Å². The molecular weight excluding hydrogens is 605 g/mol. The Labute approximate surface area is 268 Å². The molecule has 1 aromatic carbocycles. The van der Waals surface area contributed by atoms with Crippen LogP contribution >= 0.6 is 15.9 Å². The Morgan fingerprint density at radius 1 is 1.02 bits per heavy atom. The van der Waals surface area contributed by atoms with Gasteiger partial charge in [0.25, 0.3) is 0 Å². The van der Waals surface area contributed by atoms with E-state index in [4.69, 9.17) is 9.31 Å². The van der Waals surface area contributed by atoms with Gasteiger partial charge in [-0.05, 0) is 76.1 Å². The van der Waals surface area contributed by atoms with Crippen molar-refractivity contribution >= 4 is 34.9 Å². The smallest absolute Gasteiger partial charge is 0.408 e. The second kappa shape index (κ2) is 20.3. The van der Waals surface area contributed by atoms with E-state index in [0.29, 0.717) is 31.7 Å². The highest BCUT2D eigenvalue weighted by Gasteiger charge is 2.49. The monoisotopic (exact) mass is 657 g/mol. The van der Waals surface area contributed by atoms with Crippen LogP contribution in [-0.4, -0.2) is 59.1 Å². The number of benzene rings is 1. The molecule has 1 N–H and O–H groups in total. The molecule has 43 heavy (non-hydrogen) atoms. The molecule has 2 bridgehead atoms. The van der Waals surface area contributed by atoms with Gasteiger partial charge in [0, 0.05) is 36.7 Å². The Bertz CT molecular complexity index is 1010. The van der Waals surface area contributed by atoms with Gasteiger partial charge in [-0.1, -0.05) is 96.8 Å². The predicted molar refractivity (Wildman–Crippen MR) is 179 cm³/mol. The number of halogens is 1. The number of unbranched alkanes of at least 4 members (excludes halogenated alkanes) is 4. The van der Waals surface area contributed by atoms with Crippen LogP contribution in [0.2, 0.25) is 6.32 Å². The van der Waals surface area contributed by atoms with E-state index in [1.54, 1.807) is 0 Å². The SMILES string of the molecule is CCCCB1OC2CC(O1)[C@H](C/C=C\CCCC(=O)N(CC)C(=O)CCCCCBr)[C@@H]2/C=C/[C@@H](O)CCc1ccccc1. The number of aliphatic hydroxyl groups excluding tert-OH is 1. The van der Waals surface area contributed by atoms with Crippen molar-refractivity contribution in [3.8, 4) is 0 Å². The summed E-state index contributed by atoms with van der Waals surface area (Å²) in [7, 11) is -0.142. The lowest BCUT2D eigenvalue weighted by Crippen LogP contribution is -2.37. The molecule has 6 nitrogen and oxygen atoms in total. The van der Waals surface area contributed by atoms with E-state index in [0.717, 1.165) is 75.9 Å². The summed E-state index contributed by atoms with van der Waals surface area (Å²) >= 11 is 3.42. The van der Waals surface area contributed by atoms with Crippen molar-refractivity contribution in [2.75, 3.05) is 11.9 Å². The topological polar surface area (TPSA) is 76.1 Å². The fourth-order valence-electron chi connectivity index (χ4n) is 6.26. The van der Waals surface area contributed by atoms with Crippen LogP contribution in [-0.2, 0) is 25.3 Å². The normalized spacial score (nSPS) is 22.5. The molecule has 1 aliphatic heterocycles. The van der Waals surface area contributed by atoms with Gasteiger partial charge >= 0.3 is 7.12 Å². The van der Waals surface area contributed by atoms with E-state index < -0.39 is 6.10 Å². The van der Waals surface area contributed by atoms with Gasteiger partial charge in [0.2, 0.25) is 11.8 Å². The van der Waals surface area contributed by atoms with Crippen molar-refractivity contribution in [3.05, 3.63) is 60.2 Å². The average Bonchev–Trinajstić information content (AvgIpc) is 3.26. The first-order chi connectivity index (χ1) is 21.0. The zero-order chi connectivity index (χ0) is 30.9. The van der Waals surface area contributed by atoms with Crippen LogP contribution in [0.3, 0.4) is 0 Å². The Hall–Kier alpha value is -1.74. The van der Waals surface area contributed by atoms with E-state index in [1.165, 1.54) is 10.5 Å². The molecule has 2 aliphatic rings.